The molecular weight excluding hydrogens is 420 g/mol. The van der Waals surface area contributed by atoms with Crippen LogP contribution in [0.3, 0.4) is 0 Å². The van der Waals surface area contributed by atoms with Gasteiger partial charge in [0, 0.05) is 0 Å². The van der Waals surface area contributed by atoms with Crippen LogP contribution in [0.1, 0.15) is 97.0 Å². The molecule has 0 N–H and O–H groups in total. The smallest absolute Gasteiger partial charge is 0.0285 e. The van der Waals surface area contributed by atoms with Crippen molar-refractivity contribution in [1.82, 2.24) is 0 Å². The minimum atomic E-state index is 0.956. The van der Waals surface area contributed by atoms with Gasteiger partial charge in [0.25, 0.3) is 0 Å². The topological polar surface area (TPSA) is 0 Å². The van der Waals surface area contributed by atoms with Gasteiger partial charge in [-0.2, -0.15) is 0 Å². The van der Waals surface area contributed by atoms with Crippen molar-refractivity contribution in [3.8, 4) is 0 Å². The van der Waals surface area contributed by atoms with E-state index in [4.69, 9.17) is 0 Å². The molecule has 0 heterocycles. The molecule has 3 fully saturated rings. The molecule has 192 valence electrons. The zero-order valence-corrected chi connectivity index (χ0v) is 23.3. The van der Waals surface area contributed by atoms with E-state index >= 15 is 0 Å². The Morgan fingerprint density at radius 3 is 1.71 bits per heavy atom. The van der Waals surface area contributed by atoms with E-state index in [9.17, 15) is 0 Å². The highest BCUT2D eigenvalue weighted by atomic mass is 14.7. The van der Waals surface area contributed by atoms with Crippen LogP contribution in [0.5, 0.6) is 0 Å². The number of rotatable bonds is 8. The molecule has 1 aromatic rings. The zero-order valence-electron chi connectivity index (χ0n) is 23.3. The normalized spacial score (nSPS) is 29.5. The van der Waals surface area contributed by atoms with Crippen LogP contribution in [0.15, 0.2) is 78.4 Å². The first-order valence-corrected chi connectivity index (χ1v) is 14.6. The summed E-state index contributed by atoms with van der Waals surface area (Å²) in [6, 6.07) is 10.3. The van der Waals surface area contributed by atoms with Crippen LogP contribution in [0, 0.1) is 42.4 Å². The molecule has 6 unspecified atom stereocenters. The second-order valence-corrected chi connectivity index (χ2v) is 11.9. The molecule has 35 heavy (non-hydrogen) atoms. The third-order valence-electron chi connectivity index (χ3n) is 9.00. The molecule has 0 radical (unpaired) electrons. The molecule has 6 atom stereocenters. The van der Waals surface area contributed by atoms with Crippen LogP contribution in [-0.4, -0.2) is 0 Å². The first kappa shape index (κ1) is 27.8. The van der Waals surface area contributed by atoms with Crippen LogP contribution < -0.4 is 0 Å². The molecule has 0 aliphatic heterocycles. The Morgan fingerprint density at radius 1 is 0.829 bits per heavy atom. The highest BCUT2D eigenvalue weighted by Gasteiger charge is 2.61. The van der Waals surface area contributed by atoms with E-state index in [-0.39, 0.29) is 0 Å². The second-order valence-electron chi connectivity index (χ2n) is 11.9. The summed E-state index contributed by atoms with van der Waals surface area (Å²) in [6.07, 6.45) is 21.3. The Kier molecular flexibility index (Phi) is 11.1. The average molecular weight is 473 g/mol. The monoisotopic (exact) mass is 472 g/mol. The van der Waals surface area contributed by atoms with Gasteiger partial charge in [-0.3, -0.25) is 0 Å². The lowest BCUT2D eigenvalue weighted by atomic mass is 9.49. The number of hydrogen-bond acceptors (Lipinski definition) is 0. The van der Waals surface area contributed by atoms with Crippen LogP contribution in [0.4, 0.5) is 0 Å². The van der Waals surface area contributed by atoms with Gasteiger partial charge in [0.15, 0.2) is 0 Å². The Balaban J connectivity index is 0.000000198. The molecular formula is C35H52. The summed E-state index contributed by atoms with van der Waals surface area (Å²) < 4.78 is 0. The third-order valence-corrected chi connectivity index (χ3v) is 9.00. The lowest BCUT2D eigenvalue weighted by Crippen LogP contribution is -2.50. The van der Waals surface area contributed by atoms with Crippen molar-refractivity contribution < 1.29 is 0 Å². The molecule has 2 bridgehead atoms. The number of allylic oxidation sites excluding steroid dienone is 6. The van der Waals surface area contributed by atoms with Gasteiger partial charge in [-0.15, -0.1) is 0 Å². The molecule has 0 saturated heterocycles. The van der Waals surface area contributed by atoms with Crippen molar-refractivity contribution in [3.63, 3.8) is 0 Å². The largest absolute Gasteiger partial charge is 0.0999 e. The van der Waals surface area contributed by atoms with Crippen molar-refractivity contribution >= 4 is 0 Å². The van der Waals surface area contributed by atoms with Gasteiger partial charge in [-0.1, -0.05) is 111 Å². The van der Waals surface area contributed by atoms with E-state index in [0.717, 1.165) is 35.5 Å². The maximum absolute atomic E-state index is 4.37. The molecule has 1 aromatic carbocycles. The summed E-state index contributed by atoms with van der Waals surface area (Å²) >= 11 is 0. The van der Waals surface area contributed by atoms with Gasteiger partial charge in [0.2, 0.25) is 0 Å². The standard InChI is InChI=1S/C21H34.C7H10.C7H8/c1-5-7-14(3)11-18-19(12-15(4)8-6-2)21-17-10-9-16(13-17)20(18)21;2*1-7-5-3-2-4-6-7/h16-21H,3-13H2,1-2H3;2-3,5H,4,6H2,1H3;2-6H,1H3. The minimum absolute atomic E-state index is 0.956. The summed E-state index contributed by atoms with van der Waals surface area (Å²) in [5, 5.41) is 0. The molecule has 0 aromatic heterocycles. The average Bonchev–Trinajstić information content (AvgIpc) is 3.43. The lowest BCUT2D eigenvalue weighted by molar-refractivity contribution is -0.0604. The third kappa shape index (κ3) is 7.83. The SMILES string of the molecule is C=C(CCC)CC1C(CC(=C)CCC)C2C3CCC(C3)C12.CC1=CC=CCC1.Cc1ccccc1. The second kappa shape index (κ2) is 14.1. The van der Waals surface area contributed by atoms with Crippen molar-refractivity contribution in [2.75, 3.05) is 0 Å². The molecule has 0 nitrogen and oxygen atoms in total. The molecule has 5 rings (SSSR count). The fourth-order valence-corrected chi connectivity index (χ4v) is 7.49. The van der Waals surface area contributed by atoms with E-state index in [2.05, 4.69) is 71.2 Å². The van der Waals surface area contributed by atoms with Gasteiger partial charge >= 0.3 is 0 Å². The van der Waals surface area contributed by atoms with Gasteiger partial charge in [0.1, 0.15) is 0 Å². The predicted octanol–water partition coefficient (Wildman–Crippen LogP) is 10.7. The Labute approximate surface area is 217 Å². The molecule has 0 spiro atoms. The van der Waals surface area contributed by atoms with Crippen molar-refractivity contribution in [3.05, 3.63) is 84.0 Å². The maximum atomic E-state index is 4.37. The Bertz CT molecular complexity index is 815. The van der Waals surface area contributed by atoms with Crippen molar-refractivity contribution in [1.29, 1.82) is 0 Å². The van der Waals surface area contributed by atoms with Crippen molar-refractivity contribution in [2.45, 2.75) is 98.3 Å². The van der Waals surface area contributed by atoms with Crippen LogP contribution in [0.25, 0.3) is 0 Å². The lowest BCUT2D eigenvalue weighted by Gasteiger charge is -2.55. The van der Waals surface area contributed by atoms with E-state index in [1.165, 1.54) is 86.5 Å². The molecule has 4 aliphatic carbocycles. The van der Waals surface area contributed by atoms with E-state index in [1.54, 1.807) is 6.42 Å². The molecule has 0 heteroatoms. The number of aryl methyl sites for hydroxylation is 1. The summed E-state index contributed by atoms with van der Waals surface area (Å²) in [7, 11) is 0. The summed E-state index contributed by atoms with van der Waals surface area (Å²) in [5.74, 6) is 6.20. The quantitative estimate of drug-likeness (QED) is 0.330. The first-order valence-electron chi connectivity index (χ1n) is 14.6. The zero-order chi connectivity index (χ0) is 25.2. The number of benzene rings is 1. The van der Waals surface area contributed by atoms with Crippen LogP contribution >= 0.6 is 0 Å². The molecule has 3 saturated carbocycles. The maximum Gasteiger partial charge on any atom is -0.0285 e. The van der Waals surface area contributed by atoms with Gasteiger partial charge < -0.3 is 0 Å². The number of fused-ring (bicyclic) bond motifs is 5. The fraction of sp³-hybridized carbons (Fsp3) is 0.600. The van der Waals surface area contributed by atoms with E-state index < -0.39 is 0 Å². The Morgan fingerprint density at radius 2 is 1.37 bits per heavy atom. The molecule has 0 amide bonds. The highest BCUT2D eigenvalue weighted by molar-refractivity contribution is 5.16. The van der Waals surface area contributed by atoms with Crippen molar-refractivity contribution in [2.24, 2.45) is 35.5 Å². The molecule has 4 aliphatic rings. The summed E-state index contributed by atoms with van der Waals surface area (Å²) in [4.78, 5) is 0. The first-order chi connectivity index (χ1) is 16.9. The highest BCUT2D eigenvalue weighted by Crippen LogP contribution is 2.68. The van der Waals surface area contributed by atoms with E-state index in [0.29, 0.717) is 0 Å². The van der Waals surface area contributed by atoms with Gasteiger partial charge in [0.05, 0.1) is 0 Å². The fourth-order valence-electron chi connectivity index (χ4n) is 7.49. The predicted molar refractivity (Wildman–Crippen MR) is 155 cm³/mol. The minimum Gasteiger partial charge on any atom is -0.0999 e. The Hall–Kier alpha value is -1.82. The van der Waals surface area contributed by atoms with Gasteiger partial charge in [-0.05, 0) is 107 Å². The number of hydrogen-bond donors (Lipinski definition) is 0. The van der Waals surface area contributed by atoms with Gasteiger partial charge in [-0.25, -0.2) is 0 Å². The van der Waals surface area contributed by atoms with Crippen LogP contribution in [0.2, 0.25) is 0 Å². The van der Waals surface area contributed by atoms with Crippen LogP contribution in [-0.2, 0) is 0 Å². The summed E-state index contributed by atoms with van der Waals surface area (Å²) in [6.45, 7) is 17.6. The van der Waals surface area contributed by atoms with E-state index in [1.807, 2.05) is 18.2 Å². The summed E-state index contributed by atoms with van der Waals surface area (Å²) in [5.41, 5.74) is 5.87.